The molecule has 132 valence electrons. The summed E-state index contributed by atoms with van der Waals surface area (Å²) in [6.45, 7) is 9.42. The summed E-state index contributed by atoms with van der Waals surface area (Å²) in [6, 6.07) is 3.99. The number of nitrogens with one attached hydrogen (secondary N) is 1. The molecule has 0 saturated heterocycles. The molecule has 1 N–H and O–H groups in total. The van der Waals surface area contributed by atoms with Crippen molar-refractivity contribution in [1.82, 2.24) is 24.6 Å². The van der Waals surface area contributed by atoms with Crippen LogP contribution in [0.5, 0.6) is 0 Å². The Morgan fingerprint density at radius 3 is 2.64 bits per heavy atom. The van der Waals surface area contributed by atoms with Gasteiger partial charge < -0.3 is 5.32 Å². The van der Waals surface area contributed by atoms with Crippen molar-refractivity contribution in [2.75, 3.05) is 6.54 Å². The lowest BCUT2D eigenvalue weighted by Gasteiger charge is -2.08. The highest BCUT2D eigenvalue weighted by atomic mass is 32.1. The SMILES string of the molecule is Cc1cc(C)n(CCCNC(=O)c2cc(C)n(-c3nccs3)c2C)n1. The summed E-state index contributed by atoms with van der Waals surface area (Å²) in [4.78, 5) is 16.9. The van der Waals surface area contributed by atoms with E-state index in [-0.39, 0.29) is 5.91 Å². The molecule has 6 nitrogen and oxygen atoms in total. The van der Waals surface area contributed by atoms with E-state index in [2.05, 4.69) is 21.5 Å². The fourth-order valence-corrected chi connectivity index (χ4v) is 3.79. The third kappa shape index (κ3) is 3.66. The Labute approximate surface area is 151 Å². The van der Waals surface area contributed by atoms with Gasteiger partial charge >= 0.3 is 0 Å². The van der Waals surface area contributed by atoms with Gasteiger partial charge in [0.2, 0.25) is 0 Å². The van der Waals surface area contributed by atoms with Gasteiger partial charge in [0.15, 0.2) is 5.13 Å². The van der Waals surface area contributed by atoms with Gasteiger partial charge in [-0.15, -0.1) is 11.3 Å². The molecule has 0 aliphatic carbocycles. The van der Waals surface area contributed by atoms with Crippen molar-refractivity contribution in [3.05, 3.63) is 52.0 Å². The van der Waals surface area contributed by atoms with E-state index in [4.69, 9.17) is 0 Å². The van der Waals surface area contributed by atoms with Crippen LogP contribution in [0.1, 0.15) is 39.6 Å². The minimum atomic E-state index is -0.0377. The summed E-state index contributed by atoms with van der Waals surface area (Å²) >= 11 is 1.56. The van der Waals surface area contributed by atoms with Crippen LogP contribution in [-0.4, -0.2) is 31.8 Å². The van der Waals surface area contributed by atoms with E-state index >= 15 is 0 Å². The third-order valence-electron chi connectivity index (χ3n) is 4.22. The molecule has 1 amide bonds. The summed E-state index contributed by atoms with van der Waals surface area (Å²) in [5.74, 6) is -0.0377. The first-order valence-corrected chi connectivity index (χ1v) is 9.23. The molecule has 0 unspecified atom stereocenters. The molecule has 0 radical (unpaired) electrons. The number of amides is 1. The predicted molar refractivity (Wildman–Crippen MR) is 99.6 cm³/mol. The Hall–Kier alpha value is -2.41. The molecule has 0 atom stereocenters. The minimum Gasteiger partial charge on any atom is -0.352 e. The molecular formula is C18H23N5OS. The maximum absolute atomic E-state index is 12.5. The highest BCUT2D eigenvalue weighted by Gasteiger charge is 2.17. The van der Waals surface area contributed by atoms with Gasteiger partial charge in [0.05, 0.1) is 11.3 Å². The van der Waals surface area contributed by atoms with E-state index in [9.17, 15) is 4.79 Å². The van der Waals surface area contributed by atoms with Crippen LogP contribution in [0.25, 0.3) is 5.13 Å². The molecule has 3 aromatic heterocycles. The van der Waals surface area contributed by atoms with Gasteiger partial charge in [-0.3, -0.25) is 14.0 Å². The van der Waals surface area contributed by atoms with Crippen molar-refractivity contribution in [3.8, 4) is 5.13 Å². The van der Waals surface area contributed by atoms with Crippen LogP contribution in [0.2, 0.25) is 0 Å². The number of carbonyl (C=O) groups is 1. The zero-order chi connectivity index (χ0) is 18.0. The first-order chi connectivity index (χ1) is 12.0. The second-order valence-electron chi connectivity index (χ2n) is 6.19. The van der Waals surface area contributed by atoms with Gasteiger partial charge in [0, 0.05) is 41.7 Å². The van der Waals surface area contributed by atoms with Crippen LogP contribution in [0.4, 0.5) is 0 Å². The number of carbonyl (C=O) groups excluding carboxylic acids is 1. The molecule has 0 aliphatic heterocycles. The average molecular weight is 357 g/mol. The van der Waals surface area contributed by atoms with Crippen molar-refractivity contribution in [1.29, 1.82) is 0 Å². The minimum absolute atomic E-state index is 0.0377. The fourth-order valence-electron chi connectivity index (χ4n) is 3.04. The highest BCUT2D eigenvalue weighted by Crippen LogP contribution is 2.22. The number of aromatic nitrogens is 4. The van der Waals surface area contributed by atoms with E-state index in [0.29, 0.717) is 12.1 Å². The Morgan fingerprint density at radius 1 is 1.20 bits per heavy atom. The van der Waals surface area contributed by atoms with Crippen LogP contribution in [-0.2, 0) is 6.54 Å². The van der Waals surface area contributed by atoms with Crippen molar-refractivity contribution in [3.63, 3.8) is 0 Å². The Bertz CT molecular complexity index is 876. The molecule has 3 rings (SSSR count). The molecule has 0 spiro atoms. The topological polar surface area (TPSA) is 64.7 Å². The summed E-state index contributed by atoms with van der Waals surface area (Å²) in [5.41, 5.74) is 4.81. The second kappa shape index (κ2) is 7.23. The number of rotatable bonds is 6. The monoisotopic (exact) mass is 357 g/mol. The van der Waals surface area contributed by atoms with Gasteiger partial charge in [-0.05, 0) is 46.2 Å². The molecule has 0 aromatic carbocycles. The zero-order valence-electron chi connectivity index (χ0n) is 15.0. The zero-order valence-corrected chi connectivity index (χ0v) is 15.9. The number of thiazole rings is 1. The second-order valence-corrected chi connectivity index (χ2v) is 7.07. The third-order valence-corrected chi connectivity index (χ3v) is 4.98. The summed E-state index contributed by atoms with van der Waals surface area (Å²) in [5, 5.41) is 10.3. The first kappa shape index (κ1) is 17.4. The maximum Gasteiger partial charge on any atom is 0.253 e. The van der Waals surface area contributed by atoms with Gasteiger partial charge in [-0.2, -0.15) is 5.10 Å². The smallest absolute Gasteiger partial charge is 0.253 e. The quantitative estimate of drug-likeness (QED) is 0.689. The van der Waals surface area contributed by atoms with Gasteiger partial charge in [0.1, 0.15) is 0 Å². The van der Waals surface area contributed by atoms with E-state index in [1.165, 1.54) is 0 Å². The Morgan fingerprint density at radius 2 is 2.00 bits per heavy atom. The lowest BCUT2D eigenvalue weighted by atomic mass is 10.2. The molecule has 7 heteroatoms. The normalized spacial score (nSPS) is 11.0. The molecule has 0 aliphatic rings. The lowest BCUT2D eigenvalue weighted by Crippen LogP contribution is -2.26. The lowest BCUT2D eigenvalue weighted by molar-refractivity contribution is 0.0952. The maximum atomic E-state index is 12.5. The number of nitrogens with zero attached hydrogens (tertiary/aromatic N) is 4. The van der Waals surface area contributed by atoms with Crippen molar-refractivity contribution < 1.29 is 4.79 Å². The van der Waals surface area contributed by atoms with E-state index < -0.39 is 0 Å². The highest BCUT2D eigenvalue weighted by molar-refractivity contribution is 7.12. The Kier molecular flexibility index (Phi) is 5.03. The molecular weight excluding hydrogens is 334 g/mol. The van der Waals surface area contributed by atoms with E-state index in [1.54, 1.807) is 17.5 Å². The average Bonchev–Trinajstić information content (AvgIpc) is 3.24. The van der Waals surface area contributed by atoms with Crippen LogP contribution in [0.3, 0.4) is 0 Å². The Balaban J connectivity index is 1.60. The van der Waals surface area contributed by atoms with Gasteiger partial charge in [-0.1, -0.05) is 0 Å². The van der Waals surface area contributed by atoms with E-state index in [0.717, 1.165) is 40.9 Å². The number of hydrogen-bond acceptors (Lipinski definition) is 4. The van der Waals surface area contributed by atoms with Crippen LogP contribution >= 0.6 is 11.3 Å². The number of hydrogen-bond donors (Lipinski definition) is 1. The summed E-state index contributed by atoms with van der Waals surface area (Å²) in [7, 11) is 0. The standard InChI is InChI=1S/C18H23N5OS/c1-12-10-13(2)22(21-12)8-5-6-19-17(24)16-11-14(3)23(15(16)4)18-20-7-9-25-18/h7,9-11H,5-6,8H2,1-4H3,(H,19,24). The number of aryl methyl sites for hydroxylation is 4. The van der Waals surface area contributed by atoms with Crippen molar-refractivity contribution >= 4 is 17.2 Å². The van der Waals surface area contributed by atoms with Crippen LogP contribution < -0.4 is 5.32 Å². The van der Waals surface area contributed by atoms with Crippen LogP contribution in [0.15, 0.2) is 23.7 Å². The van der Waals surface area contributed by atoms with Crippen molar-refractivity contribution in [2.45, 2.75) is 40.7 Å². The predicted octanol–water partition coefficient (Wildman–Crippen LogP) is 3.18. The fraction of sp³-hybridized carbons (Fsp3) is 0.389. The molecule has 0 bridgehead atoms. The summed E-state index contributed by atoms with van der Waals surface area (Å²) in [6.07, 6.45) is 2.62. The molecule has 0 saturated carbocycles. The molecule has 3 aromatic rings. The van der Waals surface area contributed by atoms with Gasteiger partial charge in [-0.25, -0.2) is 4.98 Å². The molecule has 3 heterocycles. The first-order valence-electron chi connectivity index (χ1n) is 8.35. The summed E-state index contributed by atoms with van der Waals surface area (Å²) < 4.78 is 4.01. The largest absolute Gasteiger partial charge is 0.352 e. The van der Waals surface area contributed by atoms with Gasteiger partial charge in [0.25, 0.3) is 5.91 Å². The van der Waals surface area contributed by atoms with Crippen LogP contribution in [0, 0.1) is 27.7 Å². The van der Waals surface area contributed by atoms with E-state index in [1.807, 2.05) is 48.4 Å². The molecule has 0 fully saturated rings. The van der Waals surface area contributed by atoms with Crippen molar-refractivity contribution in [2.24, 2.45) is 0 Å². The molecule has 25 heavy (non-hydrogen) atoms.